The lowest BCUT2D eigenvalue weighted by molar-refractivity contribution is -0.0764. The van der Waals surface area contributed by atoms with Gasteiger partial charge in [-0.1, -0.05) is 0 Å². The van der Waals surface area contributed by atoms with Gasteiger partial charge in [-0.05, 0) is 49.4 Å². The van der Waals surface area contributed by atoms with Crippen molar-refractivity contribution >= 4 is 5.91 Å². The van der Waals surface area contributed by atoms with Crippen LogP contribution in [0.15, 0.2) is 24.4 Å². The van der Waals surface area contributed by atoms with Crippen molar-refractivity contribution in [3.05, 3.63) is 35.7 Å². The van der Waals surface area contributed by atoms with Crippen LogP contribution >= 0.6 is 0 Å². The van der Waals surface area contributed by atoms with Crippen molar-refractivity contribution < 1.29 is 23.7 Å². The van der Waals surface area contributed by atoms with Crippen LogP contribution in [0.5, 0.6) is 17.2 Å². The Morgan fingerprint density at radius 3 is 2.42 bits per heavy atom. The number of carbonyl (C=O) groups excluding carboxylic acids is 1. The summed E-state index contributed by atoms with van der Waals surface area (Å²) in [5.41, 5.74) is 1.49. The zero-order chi connectivity index (χ0) is 23.4. The highest BCUT2D eigenvalue weighted by Crippen LogP contribution is 2.41. The van der Waals surface area contributed by atoms with Crippen molar-refractivity contribution in [1.82, 2.24) is 20.0 Å². The summed E-state index contributed by atoms with van der Waals surface area (Å²) < 4.78 is 24.5. The molecular weight excluding hydrogens is 424 g/mol. The molecule has 0 bridgehead atoms. The molecule has 0 saturated carbocycles. The van der Waals surface area contributed by atoms with Gasteiger partial charge in [0.1, 0.15) is 5.69 Å². The van der Waals surface area contributed by atoms with E-state index >= 15 is 0 Å². The monoisotopic (exact) mass is 458 g/mol. The van der Waals surface area contributed by atoms with Gasteiger partial charge in [-0.3, -0.25) is 14.4 Å². The highest BCUT2D eigenvalue weighted by atomic mass is 16.5. The first-order valence-electron chi connectivity index (χ1n) is 11.4. The summed E-state index contributed by atoms with van der Waals surface area (Å²) in [6.45, 7) is 3.26. The molecule has 33 heavy (non-hydrogen) atoms. The third kappa shape index (κ3) is 5.25. The number of ether oxygens (including phenoxy) is 4. The normalized spacial score (nSPS) is 20.1. The molecular formula is C24H34N4O5. The number of amides is 1. The molecule has 0 unspecified atom stereocenters. The Labute approximate surface area is 194 Å². The van der Waals surface area contributed by atoms with Gasteiger partial charge in [0.05, 0.1) is 33.0 Å². The standard InChI is InChI=1S/C24H34N4O5/c1-27-10-6-19(26-27)23(29)25-15-18-5-7-24(33-18)8-11-28(12-9-24)16-17-13-20(30-2)22(32-4)21(14-17)31-3/h6,10,13-14,18H,5,7-9,11-12,15-16H2,1-4H3,(H,25,29)/t18-/m1/s1. The van der Waals surface area contributed by atoms with Gasteiger partial charge in [0, 0.05) is 39.4 Å². The second-order valence-electron chi connectivity index (χ2n) is 8.86. The van der Waals surface area contributed by atoms with Crippen LogP contribution in [0.3, 0.4) is 0 Å². The van der Waals surface area contributed by atoms with Crippen LogP contribution in [0.4, 0.5) is 0 Å². The van der Waals surface area contributed by atoms with E-state index in [1.165, 1.54) is 0 Å². The van der Waals surface area contributed by atoms with Crippen molar-refractivity contribution in [3.8, 4) is 17.2 Å². The van der Waals surface area contributed by atoms with Crippen molar-refractivity contribution in [3.63, 3.8) is 0 Å². The van der Waals surface area contributed by atoms with E-state index in [4.69, 9.17) is 18.9 Å². The Balaban J connectivity index is 1.28. The van der Waals surface area contributed by atoms with Gasteiger partial charge in [0.25, 0.3) is 5.91 Å². The molecule has 1 aromatic heterocycles. The molecule has 4 rings (SSSR count). The van der Waals surface area contributed by atoms with Crippen LogP contribution < -0.4 is 19.5 Å². The van der Waals surface area contributed by atoms with Crippen LogP contribution in [0, 0.1) is 0 Å². The molecule has 2 aliphatic rings. The second kappa shape index (κ2) is 10.0. The second-order valence-corrected chi connectivity index (χ2v) is 8.86. The smallest absolute Gasteiger partial charge is 0.271 e. The van der Waals surface area contributed by atoms with Crippen LogP contribution in [-0.2, 0) is 18.3 Å². The van der Waals surface area contributed by atoms with Crippen molar-refractivity contribution in [1.29, 1.82) is 0 Å². The zero-order valence-electron chi connectivity index (χ0n) is 19.9. The topological polar surface area (TPSA) is 87.1 Å². The molecule has 9 heteroatoms. The van der Waals surface area contributed by atoms with E-state index < -0.39 is 0 Å². The highest BCUT2D eigenvalue weighted by Gasteiger charge is 2.42. The first-order valence-corrected chi connectivity index (χ1v) is 11.4. The summed E-state index contributed by atoms with van der Waals surface area (Å²) in [7, 11) is 6.69. The van der Waals surface area contributed by atoms with Gasteiger partial charge < -0.3 is 24.3 Å². The minimum atomic E-state index is -0.152. The summed E-state index contributed by atoms with van der Waals surface area (Å²) in [6, 6.07) is 5.74. The zero-order valence-corrected chi connectivity index (χ0v) is 19.9. The molecule has 0 radical (unpaired) electrons. The summed E-state index contributed by atoms with van der Waals surface area (Å²) >= 11 is 0. The van der Waals surface area contributed by atoms with Crippen LogP contribution in [0.1, 0.15) is 41.7 Å². The lowest BCUT2D eigenvalue weighted by Gasteiger charge is -2.39. The highest BCUT2D eigenvalue weighted by molar-refractivity contribution is 5.92. The Kier molecular flexibility index (Phi) is 7.09. The Hall–Kier alpha value is -2.78. The number of likely N-dealkylation sites (tertiary alicyclic amines) is 1. The molecule has 3 heterocycles. The van der Waals surface area contributed by atoms with Gasteiger partial charge in [-0.25, -0.2) is 0 Å². The maximum atomic E-state index is 12.3. The molecule has 1 aromatic carbocycles. The Morgan fingerprint density at radius 2 is 1.85 bits per heavy atom. The number of aromatic nitrogens is 2. The quantitative estimate of drug-likeness (QED) is 0.650. The van der Waals surface area contributed by atoms with E-state index in [0.717, 1.165) is 50.9 Å². The number of nitrogens with one attached hydrogen (secondary N) is 1. The lowest BCUT2D eigenvalue weighted by atomic mass is 9.88. The Morgan fingerprint density at radius 1 is 1.15 bits per heavy atom. The van der Waals surface area contributed by atoms with E-state index in [1.54, 1.807) is 45.3 Å². The largest absolute Gasteiger partial charge is 0.493 e. The van der Waals surface area contributed by atoms with Crippen LogP contribution in [-0.4, -0.2) is 73.3 Å². The van der Waals surface area contributed by atoms with Gasteiger partial charge in [0.2, 0.25) is 5.75 Å². The fourth-order valence-corrected chi connectivity index (χ4v) is 4.84. The fraction of sp³-hybridized carbons (Fsp3) is 0.583. The SMILES string of the molecule is COc1cc(CN2CCC3(CC[C@H](CNC(=O)c4ccn(C)n4)O3)CC2)cc(OC)c1OC. The molecule has 9 nitrogen and oxygen atoms in total. The van der Waals surface area contributed by atoms with E-state index in [0.29, 0.717) is 29.5 Å². The summed E-state index contributed by atoms with van der Waals surface area (Å²) in [6.07, 6.45) is 5.80. The summed E-state index contributed by atoms with van der Waals surface area (Å²) in [5.74, 6) is 1.81. The molecule has 2 saturated heterocycles. The summed E-state index contributed by atoms with van der Waals surface area (Å²) in [5, 5.41) is 7.11. The first kappa shape index (κ1) is 23.4. The molecule has 180 valence electrons. The number of rotatable bonds is 8. The molecule has 1 amide bonds. The minimum absolute atomic E-state index is 0.0549. The third-order valence-corrected chi connectivity index (χ3v) is 6.67. The van der Waals surface area contributed by atoms with E-state index in [1.807, 2.05) is 12.1 Å². The molecule has 0 aliphatic carbocycles. The maximum Gasteiger partial charge on any atom is 0.271 e. The average molecular weight is 459 g/mol. The first-order chi connectivity index (χ1) is 15.9. The summed E-state index contributed by atoms with van der Waals surface area (Å²) in [4.78, 5) is 14.7. The van der Waals surface area contributed by atoms with E-state index in [-0.39, 0.29) is 17.6 Å². The van der Waals surface area contributed by atoms with Gasteiger partial charge in [-0.15, -0.1) is 0 Å². The molecule has 2 aliphatic heterocycles. The number of methoxy groups -OCH3 is 3. The molecule has 1 N–H and O–H groups in total. The lowest BCUT2D eigenvalue weighted by Crippen LogP contribution is -2.44. The molecule has 2 aromatic rings. The van der Waals surface area contributed by atoms with Crippen molar-refractivity contribution in [2.75, 3.05) is 41.0 Å². The van der Waals surface area contributed by atoms with E-state index in [2.05, 4.69) is 15.3 Å². The van der Waals surface area contributed by atoms with Crippen molar-refractivity contribution in [2.45, 2.75) is 43.9 Å². The van der Waals surface area contributed by atoms with Gasteiger partial charge in [-0.2, -0.15) is 5.10 Å². The minimum Gasteiger partial charge on any atom is -0.493 e. The Bertz CT molecular complexity index is 943. The number of hydrogen-bond acceptors (Lipinski definition) is 7. The predicted molar refractivity (Wildman–Crippen MR) is 123 cm³/mol. The van der Waals surface area contributed by atoms with E-state index in [9.17, 15) is 4.79 Å². The molecule has 1 atom stereocenters. The number of carbonyl (C=O) groups is 1. The molecule has 1 spiro atoms. The van der Waals surface area contributed by atoms with Gasteiger partial charge in [0.15, 0.2) is 11.5 Å². The number of hydrogen-bond donors (Lipinski definition) is 1. The number of nitrogens with zero attached hydrogens (tertiary/aromatic N) is 3. The van der Waals surface area contributed by atoms with Crippen LogP contribution in [0.25, 0.3) is 0 Å². The fourth-order valence-electron chi connectivity index (χ4n) is 4.84. The predicted octanol–water partition coefficient (Wildman–Crippen LogP) is 2.39. The third-order valence-electron chi connectivity index (χ3n) is 6.67. The number of benzene rings is 1. The number of aryl methyl sites for hydroxylation is 1. The maximum absolute atomic E-state index is 12.3. The van der Waals surface area contributed by atoms with Crippen molar-refractivity contribution in [2.24, 2.45) is 7.05 Å². The van der Waals surface area contributed by atoms with Gasteiger partial charge >= 0.3 is 0 Å². The number of piperidine rings is 1. The molecule has 2 fully saturated rings. The average Bonchev–Trinajstić information content (AvgIpc) is 3.45. The van der Waals surface area contributed by atoms with Crippen LogP contribution in [0.2, 0.25) is 0 Å².